The van der Waals surface area contributed by atoms with Crippen molar-refractivity contribution in [3.05, 3.63) is 34.3 Å². The third kappa shape index (κ3) is 3.48. The van der Waals surface area contributed by atoms with E-state index in [-0.39, 0.29) is 5.91 Å². The van der Waals surface area contributed by atoms with Gasteiger partial charge in [0.05, 0.1) is 16.8 Å². The summed E-state index contributed by atoms with van der Waals surface area (Å²) >= 11 is 1.53. The van der Waals surface area contributed by atoms with Crippen molar-refractivity contribution >= 4 is 22.9 Å². The molecule has 122 valence electrons. The number of hydrogen-bond acceptors (Lipinski definition) is 4. The lowest BCUT2D eigenvalue weighted by atomic mass is 10.2. The van der Waals surface area contributed by atoms with E-state index in [0.29, 0.717) is 12.0 Å². The Labute approximate surface area is 140 Å². The van der Waals surface area contributed by atoms with Crippen molar-refractivity contribution in [1.82, 2.24) is 15.1 Å². The number of carbonyl (C=O) groups is 1. The number of thiophene rings is 1. The lowest BCUT2D eigenvalue weighted by Gasteiger charge is -2.01. The second-order valence-electron chi connectivity index (χ2n) is 6.58. The van der Waals surface area contributed by atoms with Crippen molar-refractivity contribution in [2.75, 3.05) is 11.9 Å². The van der Waals surface area contributed by atoms with Gasteiger partial charge >= 0.3 is 0 Å². The van der Waals surface area contributed by atoms with Crippen LogP contribution in [0.15, 0.2) is 23.8 Å². The summed E-state index contributed by atoms with van der Waals surface area (Å²) in [6.07, 6.45) is 7.52. The molecule has 2 N–H and O–H groups in total. The first-order valence-electron chi connectivity index (χ1n) is 8.38. The predicted octanol–water partition coefficient (Wildman–Crippen LogP) is 3.07. The fourth-order valence-electron chi connectivity index (χ4n) is 2.89. The van der Waals surface area contributed by atoms with Gasteiger partial charge in [-0.2, -0.15) is 5.10 Å². The van der Waals surface area contributed by atoms with Crippen LogP contribution in [0.1, 0.15) is 47.3 Å². The van der Waals surface area contributed by atoms with Crippen LogP contribution < -0.4 is 10.6 Å². The first-order valence-corrected chi connectivity index (χ1v) is 9.26. The molecule has 2 aromatic rings. The lowest BCUT2D eigenvalue weighted by Crippen LogP contribution is -2.20. The highest BCUT2D eigenvalue weighted by Gasteiger charge is 2.39. The molecule has 1 amide bonds. The van der Waals surface area contributed by atoms with Crippen LogP contribution in [0.2, 0.25) is 0 Å². The summed E-state index contributed by atoms with van der Waals surface area (Å²) in [4.78, 5) is 13.1. The molecule has 2 aliphatic rings. The zero-order valence-electron chi connectivity index (χ0n) is 13.3. The van der Waals surface area contributed by atoms with Gasteiger partial charge in [-0.3, -0.25) is 9.48 Å². The molecule has 2 unspecified atom stereocenters. The first kappa shape index (κ1) is 14.9. The molecular weight excluding hydrogens is 308 g/mol. The minimum atomic E-state index is -0.0416. The van der Waals surface area contributed by atoms with Crippen LogP contribution in [0.5, 0.6) is 0 Å². The smallest absolute Gasteiger partial charge is 0.265 e. The van der Waals surface area contributed by atoms with Crippen molar-refractivity contribution in [2.45, 2.75) is 44.7 Å². The van der Waals surface area contributed by atoms with E-state index in [4.69, 9.17) is 0 Å². The predicted molar refractivity (Wildman–Crippen MR) is 92.0 cm³/mol. The van der Waals surface area contributed by atoms with E-state index in [1.54, 1.807) is 10.9 Å². The molecule has 2 aliphatic carbocycles. The number of aryl methyl sites for hydroxylation is 1. The van der Waals surface area contributed by atoms with E-state index in [1.807, 2.05) is 19.2 Å². The van der Waals surface area contributed by atoms with Crippen LogP contribution >= 0.6 is 11.3 Å². The molecule has 0 bridgehead atoms. The average Bonchev–Trinajstić information content (AvgIpc) is 3.43. The van der Waals surface area contributed by atoms with Gasteiger partial charge in [0.15, 0.2) is 0 Å². The summed E-state index contributed by atoms with van der Waals surface area (Å²) < 4.78 is 1.80. The largest absolute Gasteiger partial charge is 0.319 e. The Morgan fingerprint density at radius 3 is 3.09 bits per heavy atom. The van der Waals surface area contributed by atoms with Gasteiger partial charge in [0.25, 0.3) is 5.91 Å². The molecular formula is C17H22N4OS. The van der Waals surface area contributed by atoms with Crippen molar-refractivity contribution in [2.24, 2.45) is 5.92 Å². The van der Waals surface area contributed by atoms with E-state index < -0.39 is 0 Å². The Hall–Kier alpha value is -1.66. The fourth-order valence-corrected chi connectivity index (χ4v) is 3.76. The van der Waals surface area contributed by atoms with Crippen molar-refractivity contribution in [3.8, 4) is 0 Å². The molecule has 0 spiro atoms. The number of amides is 1. The van der Waals surface area contributed by atoms with E-state index in [9.17, 15) is 4.79 Å². The number of aromatic nitrogens is 2. The van der Waals surface area contributed by atoms with E-state index in [0.717, 1.165) is 23.0 Å². The molecule has 2 fully saturated rings. The van der Waals surface area contributed by atoms with Gasteiger partial charge in [-0.05, 0) is 55.7 Å². The molecule has 2 aromatic heterocycles. The highest BCUT2D eigenvalue weighted by molar-refractivity contribution is 7.12. The summed E-state index contributed by atoms with van der Waals surface area (Å²) in [5.41, 5.74) is 2.06. The molecule has 0 radical (unpaired) electrons. The maximum absolute atomic E-state index is 12.3. The number of nitrogens with zero attached hydrogens (tertiary/aromatic N) is 2. The highest BCUT2D eigenvalue weighted by Crippen LogP contribution is 2.43. The van der Waals surface area contributed by atoms with Gasteiger partial charge in [-0.1, -0.05) is 0 Å². The van der Waals surface area contributed by atoms with Gasteiger partial charge in [-0.25, -0.2) is 0 Å². The molecule has 23 heavy (non-hydrogen) atoms. The molecule has 4 rings (SSSR count). The van der Waals surface area contributed by atoms with Crippen LogP contribution in [-0.2, 0) is 6.54 Å². The monoisotopic (exact) mass is 330 g/mol. The van der Waals surface area contributed by atoms with E-state index in [2.05, 4.69) is 21.1 Å². The van der Waals surface area contributed by atoms with E-state index >= 15 is 0 Å². The number of anilines is 1. The molecule has 5 nitrogen and oxygen atoms in total. The fraction of sp³-hybridized carbons (Fsp3) is 0.529. The zero-order valence-corrected chi connectivity index (χ0v) is 14.1. The van der Waals surface area contributed by atoms with Crippen molar-refractivity contribution in [3.63, 3.8) is 0 Å². The second-order valence-corrected chi connectivity index (χ2v) is 7.49. The molecule has 0 aromatic carbocycles. The van der Waals surface area contributed by atoms with Crippen LogP contribution in [-0.4, -0.2) is 28.3 Å². The molecule has 2 saturated carbocycles. The summed E-state index contributed by atoms with van der Waals surface area (Å²) in [6, 6.07) is 2.66. The van der Waals surface area contributed by atoms with Crippen molar-refractivity contribution in [1.29, 1.82) is 0 Å². The van der Waals surface area contributed by atoms with Crippen LogP contribution in [0.4, 0.5) is 5.69 Å². The van der Waals surface area contributed by atoms with Crippen molar-refractivity contribution < 1.29 is 4.79 Å². The number of carbonyl (C=O) groups excluding carboxylic acids is 1. The topological polar surface area (TPSA) is 59.0 Å². The molecule has 2 atom stereocenters. The molecule has 2 heterocycles. The third-order valence-corrected chi connectivity index (χ3v) is 5.59. The molecule has 0 aliphatic heterocycles. The van der Waals surface area contributed by atoms with Gasteiger partial charge in [-0.15, -0.1) is 11.3 Å². The van der Waals surface area contributed by atoms with Gasteiger partial charge in [0.1, 0.15) is 0 Å². The molecule has 0 saturated heterocycles. The quantitative estimate of drug-likeness (QED) is 0.820. The maximum atomic E-state index is 12.3. The summed E-state index contributed by atoms with van der Waals surface area (Å²) in [6.45, 7) is 3.99. The Balaban J connectivity index is 1.33. The minimum absolute atomic E-state index is 0.0416. The number of rotatable bonds is 7. The van der Waals surface area contributed by atoms with E-state index in [1.165, 1.54) is 42.7 Å². The normalized spacial score (nSPS) is 23.0. The lowest BCUT2D eigenvalue weighted by molar-refractivity contribution is 0.103. The summed E-state index contributed by atoms with van der Waals surface area (Å²) in [5, 5.41) is 12.9. The Kier molecular flexibility index (Phi) is 3.95. The highest BCUT2D eigenvalue weighted by atomic mass is 32.1. The Morgan fingerprint density at radius 1 is 1.48 bits per heavy atom. The second kappa shape index (κ2) is 6.09. The number of hydrogen-bond donors (Lipinski definition) is 2. The van der Waals surface area contributed by atoms with Gasteiger partial charge in [0, 0.05) is 24.7 Å². The molecule has 6 heteroatoms. The number of nitrogens with one attached hydrogen (secondary N) is 2. The minimum Gasteiger partial charge on any atom is -0.319 e. The van der Waals surface area contributed by atoms with Gasteiger partial charge < -0.3 is 10.6 Å². The zero-order chi connectivity index (χ0) is 15.8. The SMILES string of the molecule is CCn1cc(NC(=O)c2cc(C3CC3NCC3CC3)cs2)cn1. The Bertz CT molecular complexity index is 703. The summed E-state index contributed by atoms with van der Waals surface area (Å²) in [5.74, 6) is 1.47. The standard InChI is InChI=1S/C17H22N4OS/c1-2-21-9-13(8-19-21)20-17(22)16-5-12(10-23-16)14-6-15(14)18-7-11-3-4-11/h5,8-11,14-15,18H,2-4,6-7H2,1H3,(H,20,22). The first-order chi connectivity index (χ1) is 11.2. The maximum Gasteiger partial charge on any atom is 0.265 e. The van der Waals surface area contributed by atoms with Crippen LogP contribution in [0.3, 0.4) is 0 Å². The Morgan fingerprint density at radius 2 is 2.35 bits per heavy atom. The van der Waals surface area contributed by atoms with Crippen LogP contribution in [0.25, 0.3) is 0 Å². The summed E-state index contributed by atoms with van der Waals surface area (Å²) in [7, 11) is 0. The third-order valence-electron chi connectivity index (χ3n) is 4.64. The van der Waals surface area contributed by atoms with Crippen LogP contribution in [0, 0.1) is 5.92 Å². The average molecular weight is 330 g/mol. The van der Waals surface area contributed by atoms with Gasteiger partial charge in [0.2, 0.25) is 0 Å².